The molecule has 0 fully saturated rings. The van der Waals surface area contributed by atoms with Crippen LogP contribution in [-0.4, -0.2) is 24.2 Å². The van der Waals surface area contributed by atoms with Gasteiger partial charge in [0, 0.05) is 18.7 Å². The molecule has 4 heteroatoms. The number of rotatable bonds is 2. The van der Waals surface area contributed by atoms with Crippen molar-refractivity contribution in [1.82, 2.24) is 5.32 Å². The van der Waals surface area contributed by atoms with Crippen LogP contribution in [0.2, 0.25) is 0 Å². The first-order valence-corrected chi connectivity index (χ1v) is 6.55. The van der Waals surface area contributed by atoms with Crippen LogP contribution >= 0.6 is 0 Å². The summed E-state index contributed by atoms with van der Waals surface area (Å²) < 4.78 is 5.64. The summed E-state index contributed by atoms with van der Waals surface area (Å²) in [5.74, 6) is -0.0449. The van der Waals surface area contributed by atoms with Crippen molar-refractivity contribution in [2.45, 2.75) is 6.54 Å². The van der Waals surface area contributed by atoms with Gasteiger partial charge in [-0.05, 0) is 29.3 Å². The van der Waals surface area contributed by atoms with Gasteiger partial charge in [-0.15, -0.1) is 0 Å². The Hall–Kier alpha value is -2.33. The first-order valence-electron chi connectivity index (χ1n) is 6.55. The van der Waals surface area contributed by atoms with Crippen molar-refractivity contribution in [3.63, 3.8) is 0 Å². The number of carbonyl (C=O) groups is 1. The molecule has 0 aliphatic carbocycles. The minimum absolute atomic E-state index is 0.315. The molecule has 2 aromatic rings. The number of carboxylic acids is 1. The Morgan fingerprint density at radius 1 is 1.20 bits per heavy atom. The summed E-state index contributed by atoms with van der Waals surface area (Å²) in [6, 6.07) is 12.9. The van der Waals surface area contributed by atoms with Crippen LogP contribution in [0.15, 0.2) is 42.5 Å². The van der Waals surface area contributed by atoms with Gasteiger partial charge in [-0.1, -0.05) is 24.3 Å². The van der Waals surface area contributed by atoms with Crippen LogP contribution in [0, 0.1) is 0 Å². The maximum atomic E-state index is 11.3. The van der Waals surface area contributed by atoms with E-state index in [4.69, 9.17) is 4.74 Å². The van der Waals surface area contributed by atoms with Gasteiger partial charge < -0.3 is 15.2 Å². The lowest BCUT2D eigenvalue weighted by Crippen LogP contribution is -2.16. The Labute approximate surface area is 117 Å². The summed E-state index contributed by atoms with van der Waals surface area (Å²) >= 11 is 0. The Morgan fingerprint density at radius 3 is 2.90 bits per heavy atom. The molecule has 0 spiro atoms. The predicted molar refractivity (Wildman–Crippen MR) is 76.0 cm³/mol. The van der Waals surface area contributed by atoms with Gasteiger partial charge in [0.25, 0.3) is 0 Å². The Balaban J connectivity index is 2.07. The third-order valence-electron chi connectivity index (χ3n) is 3.38. The summed E-state index contributed by atoms with van der Waals surface area (Å²) in [7, 11) is 0. The number of hydrogen-bond acceptors (Lipinski definition) is 3. The summed E-state index contributed by atoms with van der Waals surface area (Å²) in [6.45, 7) is 2.20. The van der Waals surface area contributed by atoms with E-state index >= 15 is 0 Å². The monoisotopic (exact) mass is 269 g/mol. The van der Waals surface area contributed by atoms with Gasteiger partial charge in [-0.2, -0.15) is 0 Å². The molecule has 0 unspecified atom stereocenters. The van der Waals surface area contributed by atoms with Crippen LogP contribution in [0.4, 0.5) is 0 Å². The fourth-order valence-corrected chi connectivity index (χ4v) is 2.40. The smallest absolute Gasteiger partial charge is 0.336 e. The van der Waals surface area contributed by atoms with Gasteiger partial charge in [-0.25, -0.2) is 4.79 Å². The zero-order valence-electron chi connectivity index (χ0n) is 10.9. The molecule has 0 saturated carbocycles. The maximum absolute atomic E-state index is 11.3. The minimum Gasteiger partial charge on any atom is -0.492 e. The third-order valence-corrected chi connectivity index (χ3v) is 3.38. The number of carboxylic acid groups (broad SMARTS) is 1. The molecule has 1 aliphatic heterocycles. The second-order valence-corrected chi connectivity index (χ2v) is 4.70. The normalized spacial score (nSPS) is 14.0. The third kappa shape index (κ3) is 2.38. The molecule has 102 valence electrons. The molecule has 1 heterocycles. The van der Waals surface area contributed by atoms with E-state index in [2.05, 4.69) is 5.32 Å². The summed E-state index contributed by atoms with van der Waals surface area (Å²) in [6.07, 6.45) is 0. The number of fused-ring (bicyclic) bond motifs is 1. The predicted octanol–water partition coefficient (Wildman–Crippen LogP) is 2.53. The van der Waals surface area contributed by atoms with Crippen LogP contribution < -0.4 is 10.1 Å². The second-order valence-electron chi connectivity index (χ2n) is 4.70. The number of hydrogen-bond donors (Lipinski definition) is 2. The van der Waals surface area contributed by atoms with Gasteiger partial charge >= 0.3 is 5.97 Å². The largest absolute Gasteiger partial charge is 0.492 e. The van der Waals surface area contributed by atoms with Crippen molar-refractivity contribution in [3.05, 3.63) is 53.6 Å². The van der Waals surface area contributed by atoms with E-state index in [1.54, 1.807) is 12.1 Å². The summed E-state index contributed by atoms with van der Waals surface area (Å²) in [5, 5.41) is 12.6. The van der Waals surface area contributed by atoms with Gasteiger partial charge in [0.15, 0.2) is 0 Å². The lowest BCUT2D eigenvalue weighted by molar-refractivity contribution is 0.0697. The van der Waals surface area contributed by atoms with E-state index in [-0.39, 0.29) is 0 Å². The highest BCUT2D eigenvalue weighted by atomic mass is 16.5. The van der Waals surface area contributed by atoms with Gasteiger partial charge in [0.05, 0.1) is 5.56 Å². The number of nitrogens with one attached hydrogen (secondary N) is 1. The molecule has 2 N–H and O–H groups in total. The van der Waals surface area contributed by atoms with E-state index in [9.17, 15) is 9.90 Å². The quantitative estimate of drug-likeness (QED) is 0.879. The van der Waals surface area contributed by atoms with Gasteiger partial charge in [0.2, 0.25) is 0 Å². The zero-order chi connectivity index (χ0) is 13.9. The lowest BCUT2D eigenvalue weighted by atomic mass is 9.97. The molecule has 0 radical (unpaired) electrons. The molecule has 20 heavy (non-hydrogen) atoms. The first-order chi connectivity index (χ1) is 9.75. The molecule has 1 aliphatic rings. The van der Waals surface area contributed by atoms with Crippen molar-refractivity contribution in [3.8, 4) is 16.9 Å². The van der Waals surface area contributed by atoms with E-state index in [0.29, 0.717) is 12.2 Å². The highest BCUT2D eigenvalue weighted by molar-refractivity contribution is 5.96. The van der Waals surface area contributed by atoms with Crippen LogP contribution in [0.5, 0.6) is 5.75 Å². The standard InChI is InChI=1S/C16H15NO3/c18-16(19)14-4-2-1-3-13(14)11-5-6-15-12(9-11)10-17-7-8-20-15/h1-6,9,17H,7-8,10H2,(H,18,19). The number of benzene rings is 2. The Kier molecular flexibility index (Phi) is 3.39. The Bertz CT molecular complexity index is 652. The molecular weight excluding hydrogens is 254 g/mol. The average Bonchev–Trinajstić information content (AvgIpc) is 2.71. The Morgan fingerprint density at radius 2 is 2.05 bits per heavy atom. The molecule has 0 aromatic heterocycles. The highest BCUT2D eigenvalue weighted by Crippen LogP contribution is 2.29. The highest BCUT2D eigenvalue weighted by Gasteiger charge is 2.14. The molecule has 2 aromatic carbocycles. The molecular formula is C16H15NO3. The van der Waals surface area contributed by atoms with Crippen LogP contribution in [-0.2, 0) is 6.54 Å². The van der Waals surface area contributed by atoms with Crippen molar-refractivity contribution >= 4 is 5.97 Å². The topological polar surface area (TPSA) is 58.6 Å². The molecule has 0 saturated heterocycles. The van der Waals surface area contributed by atoms with Gasteiger partial charge in [-0.3, -0.25) is 0 Å². The molecule has 0 amide bonds. The van der Waals surface area contributed by atoms with E-state index in [1.807, 2.05) is 30.3 Å². The zero-order valence-corrected chi connectivity index (χ0v) is 10.9. The van der Waals surface area contributed by atoms with E-state index in [1.165, 1.54) is 0 Å². The molecule has 0 bridgehead atoms. The molecule has 4 nitrogen and oxygen atoms in total. The first kappa shape index (κ1) is 12.7. The van der Waals surface area contributed by atoms with Crippen molar-refractivity contribution in [1.29, 1.82) is 0 Å². The number of ether oxygens (including phenoxy) is 1. The average molecular weight is 269 g/mol. The lowest BCUT2D eigenvalue weighted by Gasteiger charge is -2.11. The van der Waals surface area contributed by atoms with E-state index in [0.717, 1.165) is 35.5 Å². The van der Waals surface area contributed by atoms with Crippen LogP contribution in [0.25, 0.3) is 11.1 Å². The van der Waals surface area contributed by atoms with Crippen LogP contribution in [0.3, 0.4) is 0 Å². The van der Waals surface area contributed by atoms with Gasteiger partial charge in [0.1, 0.15) is 12.4 Å². The molecule has 0 atom stereocenters. The number of aromatic carboxylic acids is 1. The van der Waals surface area contributed by atoms with E-state index < -0.39 is 5.97 Å². The molecule has 3 rings (SSSR count). The fraction of sp³-hybridized carbons (Fsp3) is 0.188. The van der Waals surface area contributed by atoms with Crippen LogP contribution in [0.1, 0.15) is 15.9 Å². The minimum atomic E-state index is -0.912. The van der Waals surface area contributed by atoms with Crippen molar-refractivity contribution in [2.24, 2.45) is 0 Å². The van der Waals surface area contributed by atoms with Crippen molar-refractivity contribution in [2.75, 3.05) is 13.2 Å². The summed E-state index contributed by atoms with van der Waals surface area (Å²) in [5.41, 5.74) is 3.00. The summed E-state index contributed by atoms with van der Waals surface area (Å²) in [4.78, 5) is 11.3. The fourth-order valence-electron chi connectivity index (χ4n) is 2.40. The SMILES string of the molecule is O=C(O)c1ccccc1-c1ccc2c(c1)CNCCO2. The maximum Gasteiger partial charge on any atom is 0.336 e. The second kappa shape index (κ2) is 5.35. The van der Waals surface area contributed by atoms with Crippen molar-refractivity contribution < 1.29 is 14.6 Å².